The molecule has 0 aliphatic carbocycles. The summed E-state index contributed by atoms with van der Waals surface area (Å²) in [7, 11) is -3.59. The summed E-state index contributed by atoms with van der Waals surface area (Å²) < 4.78 is 25.4. The lowest BCUT2D eigenvalue weighted by atomic mass is 10.2. The van der Waals surface area contributed by atoms with Crippen LogP contribution in [-0.2, 0) is 10.0 Å². The summed E-state index contributed by atoms with van der Waals surface area (Å²) in [4.78, 5) is 11.7. The van der Waals surface area contributed by atoms with Crippen LogP contribution in [0.4, 0.5) is 0 Å². The van der Waals surface area contributed by atoms with Crippen LogP contribution in [0.5, 0.6) is 5.75 Å². The van der Waals surface area contributed by atoms with Gasteiger partial charge < -0.3 is 5.11 Å². The van der Waals surface area contributed by atoms with E-state index in [2.05, 4.69) is 0 Å². The Morgan fingerprint density at radius 3 is 2.29 bits per heavy atom. The van der Waals surface area contributed by atoms with Crippen LogP contribution in [0.15, 0.2) is 6.07 Å². The summed E-state index contributed by atoms with van der Waals surface area (Å²) in [6, 6.07) is 1.44. The van der Waals surface area contributed by atoms with E-state index in [1.165, 1.54) is 6.07 Å². The summed E-state index contributed by atoms with van der Waals surface area (Å²) in [5.41, 5.74) is 0.225. The number of hydrogen-bond donors (Lipinski definition) is 2. The smallest absolute Gasteiger partial charge is 0.265 e. The first-order valence-corrected chi connectivity index (χ1v) is 9.15. The molecular weight excluding hydrogens is 587 g/mol. The fourth-order valence-electron chi connectivity index (χ4n) is 0.974. The van der Waals surface area contributed by atoms with Gasteiger partial charge in [-0.05, 0) is 73.8 Å². The van der Waals surface area contributed by atoms with Crippen LogP contribution in [0.3, 0.4) is 0 Å². The van der Waals surface area contributed by atoms with Gasteiger partial charge in [0.05, 0.1) is 19.0 Å². The Bertz CT molecular complexity index is 585. The van der Waals surface area contributed by atoms with Crippen molar-refractivity contribution in [1.29, 1.82) is 0 Å². The molecule has 94 valence electrons. The highest BCUT2D eigenvalue weighted by atomic mass is 127. The topological polar surface area (TPSA) is 83.5 Å². The minimum Gasteiger partial charge on any atom is -0.506 e. The van der Waals surface area contributed by atoms with Gasteiger partial charge in [0.2, 0.25) is 10.0 Å². The lowest BCUT2D eigenvalue weighted by Gasteiger charge is -2.09. The van der Waals surface area contributed by atoms with E-state index >= 15 is 0 Å². The third-order valence-corrected chi connectivity index (χ3v) is 6.24. The second-order valence-electron chi connectivity index (χ2n) is 3.09. The second-order valence-corrected chi connectivity index (χ2v) is 8.15. The lowest BCUT2D eigenvalue weighted by molar-refractivity contribution is 0.0980. The molecular formula is C8H6I3NO4S. The van der Waals surface area contributed by atoms with Gasteiger partial charge in [0, 0.05) is 3.57 Å². The Morgan fingerprint density at radius 1 is 1.29 bits per heavy atom. The minimum atomic E-state index is -3.59. The molecule has 17 heavy (non-hydrogen) atoms. The number of rotatable bonds is 2. The SMILES string of the molecule is CS(=O)(=O)NC(=O)c1cc(I)c(O)c(I)c1I. The standard InChI is InChI=1S/C8H6I3NO4S/c1-17(15,16)12-8(14)3-2-4(9)7(13)6(11)5(3)10/h2,13H,1H3,(H,12,14). The molecule has 0 spiro atoms. The normalized spacial score (nSPS) is 11.3. The van der Waals surface area contributed by atoms with Crippen molar-refractivity contribution in [2.75, 3.05) is 6.26 Å². The van der Waals surface area contributed by atoms with E-state index in [1.807, 2.05) is 72.5 Å². The summed E-state index contributed by atoms with van der Waals surface area (Å²) in [5, 5.41) is 9.66. The quantitative estimate of drug-likeness (QED) is 0.406. The number of halogens is 3. The lowest BCUT2D eigenvalue weighted by Crippen LogP contribution is -2.30. The van der Waals surface area contributed by atoms with Crippen molar-refractivity contribution >= 4 is 83.7 Å². The van der Waals surface area contributed by atoms with Gasteiger partial charge in [0.25, 0.3) is 5.91 Å². The number of phenols is 1. The van der Waals surface area contributed by atoms with Gasteiger partial charge in [-0.25, -0.2) is 13.1 Å². The molecule has 9 heteroatoms. The molecule has 1 rings (SSSR count). The van der Waals surface area contributed by atoms with E-state index in [1.54, 1.807) is 0 Å². The van der Waals surface area contributed by atoms with E-state index in [-0.39, 0.29) is 11.3 Å². The van der Waals surface area contributed by atoms with Crippen LogP contribution < -0.4 is 4.72 Å². The number of aromatic hydroxyl groups is 1. The summed E-state index contributed by atoms with van der Waals surface area (Å²) in [5.74, 6) is -0.612. The van der Waals surface area contributed by atoms with Crippen LogP contribution >= 0.6 is 67.8 Å². The molecule has 1 aromatic rings. The molecule has 1 aromatic carbocycles. The maximum Gasteiger partial charge on any atom is 0.265 e. The van der Waals surface area contributed by atoms with Crippen LogP contribution in [0, 0.1) is 10.7 Å². The fraction of sp³-hybridized carbons (Fsp3) is 0.125. The maximum absolute atomic E-state index is 11.7. The number of nitrogens with one attached hydrogen (secondary N) is 1. The summed E-state index contributed by atoms with van der Waals surface area (Å²) in [6.07, 6.45) is 0.911. The molecule has 0 aromatic heterocycles. The summed E-state index contributed by atoms with van der Waals surface area (Å²) in [6.45, 7) is 0. The third kappa shape index (κ3) is 4.05. The van der Waals surface area contributed by atoms with E-state index in [9.17, 15) is 18.3 Å². The molecule has 0 bridgehead atoms. The van der Waals surface area contributed by atoms with Crippen molar-refractivity contribution in [3.05, 3.63) is 22.3 Å². The number of sulfonamides is 1. The molecule has 5 nitrogen and oxygen atoms in total. The van der Waals surface area contributed by atoms with Gasteiger partial charge in [-0.15, -0.1) is 0 Å². The molecule has 0 aliphatic rings. The molecule has 0 saturated heterocycles. The van der Waals surface area contributed by atoms with Crippen molar-refractivity contribution in [1.82, 2.24) is 4.72 Å². The number of benzene rings is 1. The first-order valence-electron chi connectivity index (χ1n) is 4.02. The summed E-state index contributed by atoms with van der Waals surface area (Å²) >= 11 is 5.66. The van der Waals surface area contributed by atoms with Crippen molar-refractivity contribution in [2.24, 2.45) is 0 Å². The predicted octanol–water partition coefficient (Wildman–Crippen LogP) is 1.90. The van der Waals surface area contributed by atoms with Gasteiger partial charge in [-0.1, -0.05) is 0 Å². The Labute approximate surface area is 139 Å². The first kappa shape index (κ1) is 15.7. The molecule has 2 N–H and O–H groups in total. The first-order chi connectivity index (χ1) is 7.63. The number of hydrogen-bond acceptors (Lipinski definition) is 4. The largest absolute Gasteiger partial charge is 0.506 e. The molecule has 0 atom stereocenters. The molecule has 1 amide bonds. The van der Waals surface area contributed by atoms with Crippen molar-refractivity contribution in [2.45, 2.75) is 0 Å². The van der Waals surface area contributed by atoms with Gasteiger partial charge in [-0.3, -0.25) is 4.79 Å². The zero-order chi connectivity index (χ0) is 13.4. The van der Waals surface area contributed by atoms with Crippen molar-refractivity contribution in [3.63, 3.8) is 0 Å². The van der Waals surface area contributed by atoms with E-state index in [0.717, 1.165) is 6.26 Å². The van der Waals surface area contributed by atoms with E-state index in [0.29, 0.717) is 10.7 Å². The molecule has 0 saturated carbocycles. The van der Waals surface area contributed by atoms with Crippen LogP contribution in [0.25, 0.3) is 0 Å². The number of carbonyl (C=O) groups is 1. The number of phenolic OH excluding ortho intramolecular Hbond substituents is 1. The second kappa shape index (κ2) is 5.73. The fourth-order valence-corrected chi connectivity index (χ4v) is 3.76. The average Bonchev–Trinajstić information content (AvgIpc) is 2.17. The molecule has 0 aliphatic heterocycles. The molecule has 0 unspecified atom stereocenters. The molecule has 0 radical (unpaired) electrons. The van der Waals surface area contributed by atoms with Gasteiger partial charge in [0.15, 0.2) is 0 Å². The zero-order valence-corrected chi connectivity index (χ0v) is 15.6. The number of carbonyl (C=O) groups excluding carboxylic acids is 1. The Hall–Kier alpha value is 0.630. The zero-order valence-electron chi connectivity index (χ0n) is 8.29. The van der Waals surface area contributed by atoms with Crippen molar-refractivity contribution < 1.29 is 18.3 Å². The Kier molecular flexibility index (Phi) is 5.29. The Balaban J connectivity index is 3.29. The predicted molar refractivity (Wildman–Crippen MR) is 88.6 cm³/mol. The Morgan fingerprint density at radius 2 is 1.82 bits per heavy atom. The number of amides is 1. The van der Waals surface area contributed by atoms with Gasteiger partial charge in [-0.2, -0.15) is 0 Å². The average molecular weight is 593 g/mol. The highest BCUT2D eigenvalue weighted by Gasteiger charge is 2.19. The highest BCUT2D eigenvalue weighted by molar-refractivity contribution is 14.1. The minimum absolute atomic E-state index is 0.0894. The van der Waals surface area contributed by atoms with E-state index in [4.69, 9.17) is 0 Å². The maximum atomic E-state index is 11.7. The van der Waals surface area contributed by atoms with Crippen molar-refractivity contribution in [3.8, 4) is 5.75 Å². The molecule has 0 heterocycles. The third-order valence-electron chi connectivity index (χ3n) is 1.66. The molecule has 0 fully saturated rings. The van der Waals surface area contributed by atoms with Crippen LogP contribution in [-0.4, -0.2) is 25.7 Å². The van der Waals surface area contributed by atoms with E-state index < -0.39 is 15.9 Å². The van der Waals surface area contributed by atoms with Crippen LogP contribution in [0.2, 0.25) is 0 Å². The monoisotopic (exact) mass is 593 g/mol. The van der Waals surface area contributed by atoms with Gasteiger partial charge >= 0.3 is 0 Å². The van der Waals surface area contributed by atoms with Crippen LogP contribution in [0.1, 0.15) is 10.4 Å². The highest BCUT2D eigenvalue weighted by Crippen LogP contribution is 2.32. The van der Waals surface area contributed by atoms with Gasteiger partial charge in [0.1, 0.15) is 5.75 Å².